The Morgan fingerprint density at radius 3 is 2.52 bits per heavy atom. The van der Waals surface area contributed by atoms with Gasteiger partial charge in [0, 0.05) is 22.7 Å². The fourth-order valence-electron chi connectivity index (χ4n) is 3.94. The average Bonchev–Trinajstić information content (AvgIpc) is 3.31. The number of rotatable bonds is 8. The zero-order chi connectivity index (χ0) is 23.4. The Balaban J connectivity index is 1.74. The summed E-state index contributed by atoms with van der Waals surface area (Å²) >= 11 is 7.39. The second kappa shape index (κ2) is 10.5. The second-order valence-corrected chi connectivity index (χ2v) is 9.21. The highest BCUT2D eigenvalue weighted by atomic mass is 32.2. The molecule has 3 aromatic rings. The van der Waals surface area contributed by atoms with Gasteiger partial charge in [-0.05, 0) is 73.8 Å². The van der Waals surface area contributed by atoms with Crippen LogP contribution in [-0.4, -0.2) is 33.0 Å². The molecule has 1 aliphatic heterocycles. The number of nitrogens with zero attached hydrogens (tertiary/aromatic N) is 3. The van der Waals surface area contributed by atoms with E-state index in [1.165, 1.54) is 17.0 Å². The Hall–Kier alpha value is -2.71. The van der Waals surface area contributed by atoms with Crippen molar-refractivity contribution in [3.63, 3.8) is 0 Å². The lowest BCUT2D eigenvalue weighted by atomic mass is 9.94. The van der Waals surface area contributed by atoms with E-state index in [1.54, 1.807) is 23.9 Å². The third-order valence-corrected chi connectivity index (χ3v) is 6.87. The van der Waals surface area contributed by atoms with Gasteiger partial charge < -0.3 is 14.7 Å². The lowest BCUT2D eigenvalue weighted by molar-refractivity contribution is 0.395. The standard InChI is InChI=1S/C25H27FN4OS2/c1-4-5-6-15-30-16(2)21(22(27-25(30)32)17-7-11-19(26)12-8-17)24-28-23(29-31-24)18-9-13-20(33-3)14-10-18/h7-14,22H,4-6,15H2,1-3H3,(H,27,32). The highest BCUT2D eigenvalue weighted by Gasteiger charge is 2.33. The quantitative estimate of drug-likeness (QED) is 0.225. The third kappa shape index (κ3) is 5.12. The first-order valence-corrected chi connectivity index (χ1v) is 12.7. The summed E-state index contributed by atoms with van der Waals surface area (Å²) in [5, 5.41) is 8.31. The van der Waals surface area contributed by atoms with E-state index in [4.69, 9.17) is 21.7 Å². The molecule has 1 atom stereocenters. The topological polar surface area (TPSA) is 54.2 Å². The molecule has 0 saturated carbocycles. The molecule has 0 bridgehead atoms. The second-order valence-electron chi connectivity index (χ2n) is 7.94. The number of thiocarbonyl (C=S) groups is 1. The van der Waals surface area contributed by atoms with Crippen molar-refractivity contribution >= 4 is 34.7 Å². The van der Waals surface area contributed by atoms with E-state index in [1.807, 2.05) is 37.4 Å². The monoisotopic (exact) mass is 482 g/mol. The molecule has 1 unspecified atom stereocenters. The normalized spacial score (nSPS) is 16.3. The summed E-state index contributed by atoms with van der Waals surface area (Å²) in [7, 11) is 0. The number of allylic oxidation sites excluding steroid dienone is 1. The zero-order valence-corrected chi connectivity index (χ0v) is 20.6. The minimum Gasteiger partial charge on any atom is -0.351 e. The van der Waals surface area contributed by atoms with Gasteiger partial charge in [-0.2, -0.15) is 4.98 Å². The van der Waals surface area contributed by atoms with Gasteiger partial charge in [0.15, 0.2) is 5.11 Å². The van der Waals surface area contributed by atoms with Crippen molar-refractivity contribution < 1.29 is 8.91 Å². The summed E-state index contributed by atoms with van der Waals surface area (Å²) in [6, 6.07) is 14.2. The number of unbranched alkanes of at least 4 members (excludes halogenated alkanes) is 2. The molecular formula is C25H27FN4OS2. The van der Waals surface area contributed by atoms with Crippen molar-refractivity contribution in [2.24, 2.45) is 0 Å². The van der Waals surface area contributed by atoms with Crippen LogP contribution in [0.15, 0.2) is 63.6 Å². The minimum absolute atomic E-state index is 0.283. The van der Waals surface area contributed by atoms with Gasteiger partial charge in [0.1, 0.15) is 5.82 Å². The third-order valence-electron chi connectivity index (χ3n) is 5.79. The maximum Gasteiger partial charge on any atom is 0.258 e. The van der Waals surface area contributed by atoms with Crippen LogP contribution in [0.1, 0.15) is 50.6 Å². The Morgan fingerprint density at radius 2 is 1.85 bits per heavy atom. The molecule has 8 heteroatoms. The van der Waals surface area contributed by atoms with E-state index < -0.39 is 0 Å². The molecular weight excluding hydrogens is 455 g/mol. The zero-order valence-electron chi connectivity index (χ0n) is 19.0. The largest absolute Gasteiger partial charge is 0.351 e. The number of aromatic nitrogens is 2. The Bertz CT molecular complexity index is 1140. The Labute approximate surface area is 203 Å². The first kappa shape index (κ1) is 23.4. The lowest BCUT2D eigenvalue weighted by Crippen LogP contribution is -2.46. The molecule has 0 spiro atoms. The molecule has 2 aromatic carbocycles. The number of thioether (sulfide) groups is 1. The van der Waals surface area contributed by atoms with Gasteiger partial charge in [-0.15, -0.1) is 11.8 Å². The van der Waals surface area contributed by atoms with Gasteiger partial charge in [-0.3, -0.25) is 0 Å². The summed E-state index contributed by atoms with van der Waals surface area (Å²) in [5.41, 5.74) is 3.59. The molecule has 172 valence electrons. The molecule has 33 heavy (non-hydrogen) atoms. The smallest absolute Gasteiger partial charge is 0.258 e. The summed E-state index contributed by atoms with van der Waals surface area (Å²) < 4.78 is 19.4. The van der Waals surface area contributed by atoms with Crippen molar-refractivity contribution in [3.05, 3.63) is 71.5 Å². The minimum atomic E-state index is -0.312. The summed E-state index contributed by atoms with van der Waals surface area (Å²) in [6.07, 6.45) is 5.32. The van der Waals surface area contributed by atoms with Crippen LogP contribution in [0, 0.1) is 5.82 Å². The van der Waals surface area contributed by atoms with Gasteiger partial charge in [-0.1, -0.05) is 37.1 Å². The van der Waals surface area contributed by atoms with Crippen molar-refractivity contribution in [2.45, 2.75) is 44.0 Å². The predicted molar refractivity (Wildman–Crippen MR) is 135 cm³/mol. The van der Waals surface area contributed by atoms with Gasteiger partial charge in [0.25, 0.3) is 5.89 Å². The number of benzene rings is 2. The van der Waals surface area contributed by atoms with Crippen LogP contribution < -0.4 is 5.32 Å². The van der Waals surface area contributed by atoms with E-state index in [-0.39, 0.29) is 11.9 Å². The van der Waals surface area contributed by atoms with Crippen molar-refractivity contribution in [1.29, 1.82) is 0 Å². The molecule has 4 rings (SSSR count). The van der Waals surface area contributed by atoms with Crippen LogP contribution in [0.3, 0.4) is 0 Å². The van der Waals surface area contributed by atoms with Crippen LogP contribution in [0.25, 0.3) is 17.0 Å². The van der Waals surface area contributed by atoms with Crippen LogP contribution in [-0.2, 0) is 0 Å². The number of nitrogens with one attached hydrogen (secondary N) is 1. The van der Waals surface area contributed by atoms with E-state index in [9.17, 15) is 4.39 Å². The molecule has 2 heterocycles. The van der Waals surface area contributed by atoms with Crippen molar-refractivity contribution in [2.75, 3.05) is 12.8 Å². The van der Waals surface area contributed by atoms with Crippen LogP contribution in [0.4, 0.5) is 4.39 Å². The molecule has 1 aromatic heterocycles. The highest BCUT2D eigenvalue weighted by Crippen LogP contribution is 2.37. The average molecular weight is 483 g/mol. The molecule has 5 nitrogen and oxygen atoms in total. The Kier molecular flexibility index (Phi) is 7.45. The number of halogens is 1. The van der Waals surface area contributed by atoms with Gasteiger partial charge >= 0.3 is 0 Å². The van der Waals surface area contributed by atoms with E-state index in [2.05, 4.69) is 22.3 Å². The van der Waals surface area contributed by atoms with E-state index in [0.29, 0.717) is 16.8 Å². The van der Waals surface area contributed by atoms with Crippen LogP contribution >= 0.6 is 24.0 Å². The first-order valence-electron chi connectivity index (χ1n) is 11.0. The molecule has 0 fully saturated rings. The van der Waals surface area contributed by atoms with E-state index in [0.717, 1.165) is 48.2 Å². The highest BCUT2D eigenvalue weighted by molar-refractivity contribution is 7.98. The molecule has 0 saturated heterocycles. The number of hydrogen-bond acceptors (Lipinski definition) is 5. The summed E-state index contributed by atoms with van der Waals surface area (Å²) in [6.45, 7) is 5.02. The lowest BCUT2D eigenvalue weighted by Gasteiger charge is -2.37. The maximum atomic E-state index is 13.6. The molecule has 0 aliphatic carbocycles. The van der Waals surface area contributed by atoms with Crippen LogP contribution in [0.2, 0.25) is 0 Å². The first-order chi connectivity index (χ1) is 16.0. The van der Waals surface area contributed by atoms with Gasteiger partial charge in [0.05, 0.1) is 11.6 Å². The SMILES string of the molecule is CCCCCN1C(=S)NC(c2ccc(F)cc2)C(c2nc(-c3ccc(SC)cc3)no2)=C1C. The molecule has 1 N–H and O–H groups in total. The van der Waals surface area contributed by atoms with Gasteiger partial charge in [0.2, 0.25) is 5.82 Å². The molecule has 0 radical (unpaired) electrons. The van der Waals surface area contributed by atoms with Crippen LogP contribution in [0.5, 0.6) is 0 Å². The summed E-state index contributed by atoms with van der Waals surface area (Å²) in [5.74, 6) is 0.678. The van der Waals surface area contributed by atoms with Crippen molar-refractivity contribution in [3.8, 4) is 11.4 Å². The fraction of sp³-hybridized carbons (Fsp3) is 0.320. The predicted octanol–water partition coefficient (Wildman–Crippen LogP) is 6.45. The summed E-state index contributed by atoms with van der Waals surface area (Å²) in [4.78, 5) is 8.00. The van der Waals surface area contributed by atoms with Gasteiger partial charge in [-0.25, -0.2) is 4.39 Å². The fourth-order valence-corrected chi connectivity index (χ4v) is 4.70. The molecule has 0 amide bonds. The number of hydrogen-bond donors (Lipinski definition) is 1. The Morgan fingerprint density at radius 1 is 1.12 bits per heavy atom. The van der Waals surface area contributed by atoms with Crippen molar-refractivity contribution in [1.82, 2.24) is 20.4 Å². The van der Waals surface area contributed by atoms with E-state index >= 15 is 0 Å². The molecule has 1 aliphatic rings. The maximum absolute atomic E-state index is 13.6.